The number of rotatable bonds is 5. The fourth-order valence-corrected chi connectivity index (χ4v) is 2.77. The smallest absolute Gasteiger partial charge is 0.339 e. The van der Waals surface area contributed by atoms with Crippen molar-refractivity contribution < 1.29 is 19.1 Å². The van der Waals surface area contributed by atoms with Gasteiger partial charge in [0.15, 0.2) is 0 Å². The summed E-state index contributed by atoms with van der Waals surface area (Å²) in [5.74, 6) is -1.44. The summed E-state index contributed by atoms with van der Waals surface area (Å²) in [6.45, 7) is 2.08. The van der Waals surface area contributed by atoms with Gasteiger partial charge in [-0.15, -0.1) is 0 Å². The highest BCUT2D eigenvalue weighted by atomic mass is 35.5. The van der Waals surface area contributed by atoms with Gasteiger partial charge in [-0.3, -0.25) is 14.5 Å². The summed E-state index contributed by atoms with van der Waals surface area (Å²) in [4.78, 5) is 39.1. The van der Waals surface area contributed by atoms with Crippen LogP contribution in [0.3, 0.4) is 0 Å². The predicted molar refractivity (Wildman–Crippen MR) is 92.5 cm³/mol. The molecule has 0 aliphatic carbocycles. The number of amides is 4. The van der Waals surface area contributed by atoms with E-state index >= 15 is 0 Å². The second kappa shape index (κ2) is 6.94. The second-order valence-electron chi connectivity index (χ2n) is 5.31. The first-order valence-corrected chi connectivity index (χ1v) is 8.07. The lowest BCUT2D eigenvalue weighted by atomic mass is 10.2. The molecule has 7 heteroatoms. The molecule has 2 aromatic carbocycles. The number of imide groups is 2. The number of para-hydroxylation sites is 2. The van der Waals surface area contributed by atoms with Gasteiger partial charge >= 0.3 is 17.8 Å². The van der Waals surface area contributed by atoms with Gasteiger partial charge in [0.1, 0.15) is 5.75 Å². The molecule has 0 atom stereocenters. The monoisotopic (exact) mass is 358 g/mol. The van der Waals surface area contributed by atoms with Gasteiger partial charge in [-0.05, 0) is 30.7 Å². The molecule has 3 rings (SSSR count). The molecule has 1 aliphatic rings. The summed E-state index contributed by atoms with van der Waals surface area (Å²) in [6.07, 6.45) is 0. The molecule has 1 heterocycles. The van der Waals surface area contributed by atoms with Crippen molar-refractivity contribution in [2.24, 2.45) is 0 Å². The van der Waals surface area contributed by atoms with Crippen LogP contribution in [-0.2, 0) is 16.1 Å². The van der Waals surface area contributed by atoms with Crippen LogP contribution in [0, 0.1) is 0 Å². The van der Waals surface area contributed by atoms with Crippen LogP contribution in [-0.4, -0.2) is 29.4 Å². The highest BCUT2D eigenvalue weighted by Gasteiger charge is 2.46. The molecule has 128 valence electrons. The number of nitrogens with zero attached hydrogens (tertiary/aromatic N) is 2. The first-order chi connectivity index (χ1) is 12.0. The molecule has 25 heavy (non-hydrogen) atoms. The topological polar surface area (TPSA) is 66.9 Å². The zero-order chi connectivity index (χ0) is 18.0. The normalized spacial score (nSPS) is 14.4. The molecule has 2 aromatic rings. The van der Waals surface area contributed by atoms with Crippen molar-refractivity contribution in [1.29, 1.82) is 0 Å². The van der Waals surface area contributed by atoms with E-state index in [1.165, 1.54) is 0 Å². The Labute approximate surface area is 149 Å². The van der Waals surface area contributed by atoms with Gasteiger partial charge in [-0.1, -0.05) is 41.9 Å². The van der Waals surface area contributed by atoms with Gasteiger partial charge in [0, 0.05) is 5.02 Å². The average molecular weight is 359 g/mol. The van der Waals surface area contributed by atoms with Gasteiger partial charge in [-0.25, -0.2) is 9.69 Å². The van der Waals surface area contributed by atoms with E-state index in [9.17, 15) is 14.4 Å². The Hall–Kier alpha value is -2.86. The van der Waals surface area contributed by atoms with E-state index in [1.807, 2.05) is 0 Å². The molecule has 1 fully saturated rings. The highest BCUT2D eigenvalue weighted by molar-refractivity contribution is 6.53. The van der Waals surface area contributed by atoms with Crippen LogP contribution >= 0.6 is 11.6 Å². The van der Waals surface area contributed by atoms with Crippen molar-refractivity contribution in [3.63, 3.8) is 0 Å². The zero-order valence-corrected chi connectivity index (χ0v) is 14.2. The van der Waals surface area contributed by atoms with E-state index < -0.39 is 17.8 Å². The van der Waals surface area contributed by atoms with E-state index in [0.29, 0.717) is 22.9 Å². The average Bonchev–Trinajstić information content (AvgIpc) is 2.81. The van der Waals surface area contributed by atoms with E-state index in [2.05, 4.69) is 0 Å². The standard InChI is InChI=1S/C18H15ClN2O4/c1-2-25-15-10-6-5-9-14(15)21-17(23)16(22)20(18(21)24)11-12-7-3-4-8-13(12)19/h3-10H,2,11H2,1H3. The number of urea groups is 1. The van der Waals surface area contributed by atoms with E-state index in [0.717, 1.165) is 9.80 Å². The van der Waals surface area contributed by atoms with E-state index in [1.54, 1.807) is 55.5 Å². The SMILES string of the molecule is CCOc1ccccc1N1C(=O)C(=O)N(Cc2ccccc2Cl)C1=O. The maximum Gasteiger partial charge on any atom is 0.339 e. The van der Waals surface area contributed by atoms with Crippen molar-refractivity contribution in [1.82, 2.24) is 4.90 Å². The molecule has 0 spiro atoms. The van der Waals surface area contributed by atoms with Crippen LogP contribution in [0.1, 0.15) is 12.5 Å². The van der Waals surface area contributed by atoms with Gasteiger partial charge in [0.05, 0.1) is 18.8 Å². The highest BCUT2D eigenvalue weighted by Crippen LogP contribution is 2.32. The number of carbonyl (C=O) groups excluding carboxylic acids is 3. The molecular formula is C18H15ClN2O4. The minimum atomic E-state index is -0.913. The number of hydrogen-bond acceptors (Lipinski definition) is 4. The fourth-order valence-electron chi connectivity index (χ4n) is 2.57. The molecule has 0 aromatic heterocycles. The van der Waals surface area contributed by atoms with Crippen LogP contribution in [0.15, 0.2) is 48.5 Å². The number of hydrogen-bond donors (Lipinski definition) is 0. The molecule has 1 saturated heterocycles. The third-order valence-electron chi connectivity index (χ3n) is 3.75. The Balaban J connectivity index is 1.94. The first-order valence-electron chi connectivity index (χ1n) is 7.69. The van der Waals surface area contributed by atoms with Crippen LogP contribution in [0.4, 0.5) is 10.5 Å². The summed E-state index contributed by atoms with van der Waals surface area (Å²) in [5, 5.41) is 0.420. The molecule has 1 aliphatic heterocycles. The fraction of sp³-hybridized carbons (Fsp3) is 0.167. The maximum absolute atomic E-state index is 12.7. The van der Waals surface area contributed by atoms with E-state index in [-0.39, 0.29) is 12.2 Å². The lowest BCUT2D eigenvalue weighted by Crippen LogP contribution is -2.33. The van der Waals surface area contributed by atoms with Crippen molar-refractivity contribution in [2.75, 3.05) is 11.5 Å². The van der Waals surface area contributed by atoms with Crippen molar-refractivity contribution in [2.45, 2.75) is 13.5 Å². The molecule has 4 amide bonds. The minimum absolute atomic E-state index is 0.0730. The molecule has 0 bridgehead atoms. The molecule has 0 radical (unpaired) electrons. The maximum atomic E-state index is 12.7. The van der Waals surface area contributed by atoms with E-state index in [4.69, 9.17) is 16.3 Å². The Bertz CT molecular complexity index is 852. The van der Waals surface area contributed by atoms with Gasteiger partial charge < -0.3 is 4.74 Å². The molecular weight excluding hydrogens is 344 g/mol. The number of ether oxygens (including phenoxy) is 1. The summed E-state index contributed by atoms with van der Waals surface area (Å²) in [5.41, 5.74) is 0.827. The molecule has 0 N–H and O–H groups in total. The summed E-state index contributed by atoms with van der Waals surface area (Å²) >= 11 is 6.09. The molecule has 6 nitrogen and oxygen atoms in total. The summed E-state index contributed by atoms with van der Waals surface area (Å²) in [7, 11) is 0. The Morgan fingerprint density at radius 1 is 0.960 bits per heavy atom. The summed E-state index contributed by atoms with van der Waals surface area (Å²) in [6, 6.07) is 12.7. The number of benzene rings is 2. The quantitative estimate of drug-likeness (QED) is 0.608. The van der Waals surface area contributed by atoms with Crippen LogP contribution in [0.5, 0.6) is 5.75 Å². The van der Waals surface area contributed by atoms with Gasteiger partial charge in [0.2, 0.25) is 0 Å². The Morgan fingerprint density at radius 3 is 2.36 bits per heavy atom. The summed E-state index contributed by atoms with van der Waals surface area (Å²) < 4.78 is 5.46. The number of anilines is 1. The number of halogens is 1. The zero-order valence-electron chi connectivity index (χ0n) is 13.4. The number of carbonyl (C=O) groups is 3. The van der Waals surface area contributed by atoms with Crippen molar-refractivity contribution in [3.8, 4) is 5.75 Å². The van der Waals surface area contributed by atoms with Crippen LogP contribution in [0.25, 0.3) is 0 Å². The lowest BCUT2D eigenvalue weighted by Gasteiger charge is -2.18. The third-order valence-corrected chi connectivity index (χ3v) is 4.11. The van der Waals surface area contributed by atoms with Crippen LogP contribution < -0.4 is 9.64 Å². The third kappa shape index (κ3) is 3.08. The Morgan fingerprint density at radius 2 is 1.64 bits per heavy atom. The van der Waals surface area contributed by atoms with Crippen molar-refractivity contribution in [3.05, 3.63) is 59.1 Å². The molecule has 0 unspecified atom stereocenters. The van der Waals surface area contributed by atoms with Gasteiger partial charge in [0.25, 0.3) is 0 Å². The van der Waals surface area contributed by atoms with Crippen molar-refractivity contribution >= 4 is 35.1 Å². The lowest BCUT2D eigenvalue weighted by molar-refractivity contribution is -0.139. The minimum Gasteiger partial charge on any atom is -0.492 e. The van der Waals surface area contributed by atoms with Crippen LogP contribution in [0.2, 0.25) is 5.02 Å². The van der Waals surface area contributed by atoms with Gasteiger partial charge in [-0.2, -0.15) is 0 Å². The second-order valence-corrected chi connectivity index (χ2v) is 5.71. The Kier molecular flexibility index (Phi) is 4.72. The molecule has 0 saturated carbocycles. The largest absolute Gasteiger partial charge is 0.492 e. The predicted octanol–water partition coefficient (Wildman–Crippen LogP) is 3.23. The first kappa shape index (κ1) is 17.0.